The van der Waals surface area contributed by atoms with E-state index < -0.39 is 11.5 Å². The predicted octanol–water partition coefficient (Wildman–Crippen LogP) is 0.468. The average molecular weight is 355 g/mol. The first-order valence-electron chi connectivity index (χ1n) is 7.03. The number of aromatic amines is 1. The number of aromatic nitrogens is 5. The predicted molar refractivity (Wildman–Crippen MR) is 87.5 cm³/mol. The number of H-pyrrole nitrogens is 1. The van der Waals surface area contributed by atoms with Crippen molar-refractivity contribution >= 4 is 29.8 Å². The zero-order valence-electron chi connectivity index (χ0n) is 13.3. The number of hydrazine groups is 1. The lowest BCUT2D eigenvalue weighted by Crippen LogP contribution is -2.29. The molecular formula is C12H17N7O4S. The van der Waals surface area contributed by atoms with E-state index in [1.165, 1.54) is 16.2 Å². The summed E-state index contributed by atoms with van der Waals surface area (Å²) in [7, 11) is 1.21. The Kier molecular flexibility index (Phi) is 5.18. The van der Waals surface area contributed by atoms with E-state index in [-0.39, 0.29) is 28.1 Å². The van der Waals surface area contributed by atoms with Gasteiger partial charge in [-0.25, -0.2) is 4.79 Å². The summed E-state index contributed by atoms with van der Waals surface area (Å²) in [5.41, 5.74) is 4.47. The van der Waals surface area contributed by atoms with Crippen molar-refractivity contribution in [2.24, 2.45) is 0 Å². The Balaban J connectivity index is 2.33. The summed E-state index contributed by atoms with van der Waals surface area (Å²) in [6, 6.07) is 0. The maximum absolute atomic E-state index is 12.4. The topological polar surface area (TPSA) is 139 Å². The zero-order chi connectivity index (χ0) is 17.9. The molecule has 0 amide bonds. The first-order valence-corrected chi connectivity index (χ1v) is 7.44. The van der Waals surface area contributed by atoms with Crippen molar-refractivity contribution in [2.75, 3.05) is 18.0 Å². The molecule has 2 heterocycles. The molecule has 0 saturated heterocycles. The lowest BCUT2D eigenvalue weighted by atomic mass is 10.4. The smallest absolute Gasteiger partial charge is 0.375 e. The molecule has 0 unspecified atom stereocenters. The Labute approximate surface area is 141 Å². The van der Waals surface area contributed by atoms with E-state index in [1.807, 2.05) is 0 Å². The number of methoxy groups -OCH3 is 1. The van der Waals surface area contributed by atoms with Gasteiger partial charge in [0.05, 0.1) is 7.11 Å². The molecule has 0 bridgehead atoms. The highest BCUT2D eigenvalue weighted by Gasteiger charge is 2.17. The Morgan fingerprint density at radius 3 is 2.58 bits per heavy atom. The third kappa shape index (κ3) is 3.08. The summed E-state index contributed by atoms with van der Waals surface area (Å²) < 4.78 is 7.46. The van der Waals surface area contributed by atoms with Crippen LogP contribution < -0.4 is 16.4 Å². The van der Waals surface area contributed by atoms with Gasteiger partial charge in [0.2, 0.25) is 11.7 Å². The van der Waals surface area contributed by atoms with Gasteiger partial charge in [-0.05, 0) is 26.1 Å². The molecule has 2 rings (SSSR count). The second-order valence-electron chi connectivity index (χ2n) is 4.52. The fourth-order valence-corrected chi connectivity index (χ4v) is 2.41. The van der Waals surface area contributed by atoms with Crippen LogP contribution in [0.3, 0.4) is 0 Å². The number of hydrogen-bond donors (Lipinski definition) is 4. The molecule has 24 heavy (non-hydrogen) atoms. The van der Waals surface area contributed by atoms with Crippen LogP contribution in [0, 0.1) is 4.77 Å². The van der Waals surface area contributed by atoms with Crippen LogP contribution in [-0.2, 0) is 17.8 Å². The van der Waals surface area contributed by atoms with Crippen molar-refractivity contribution in [3.8, 4) is 5.88 Å². The van der Waals surface area contributed by atoms with E-state index in [4.69, 9.17) is 12.2 Å². The van der Waals surface area contributed by atoms with E-state index in [1.54, 1.807) is 13.8 Å². The monoisotopic (exact) mass is 355 g/mol. The van der Waals surface area contributed by atoms with Crippen LogP contribution in [-0.4, -0.2) is 42.5 Å². The van der Waals surface area contributed by atoms with Crippen LogP contribution >= 0.6 is 12.2 Å². The second kappa shape index (κ2) is 7.12. The van der Waals surface area contributed by atoms with Gasteiger partial charge in [0, 0.05) is 13.1 Å². The normalized spacial score (nSPS) is 10.5. The molecule has 0 saturated carbocycles. The number of aromatic hydroxyl groups is 1. The fourth-order valence-electron chi connectivity index (χ4n) is 1.99. The van der Waals surface area contributed by atoms with Gasteiger partial charge in [-0.15, -0.1) is 5.10 Å². The molecule has 4 N–H and O–H groups in total. The fraction of sp³-hybridized carbons (Fsp3) is 0.417. The number of esters is 1. The van der Waals surface area contributed by atoms with Crippen molar-refractivity contribution in [1.29, 1.82) is 0 Å². The Morgan fingerprint density at radius 1 is 1.33 bits per heavy atom. The minimum Gasteiger partial charge on any atom is -0.493 e. The molecule has 0 aliphatic heterocycles. The SMILES string of the molecule is CCn1c(O)c(NNc2n[nH]c(C(=O)OC)n2)c(=O)n(CC)c1=S. The summed E-state index contributed by atoms with van der Waals surface area (Å²) in [6.45, 7) is 4.28. The number of carbonyl (C=O) groups is 1. The highest BCUT2D eigenvalue weighted by molar-refractivity contribution is 7.71. The molecule has 2 aromatic heterocycles. The van der Waals surface area contributed by atoms with E-state index in [2.05, 4.69) is 30.8 Å². The molecular weight excluding hydrogens is 338 g/mol. The highest BCUT2D eigenvalue weighted by Crippen LogP contribution is 2.19. The number of ether oxygens (including phenoxy) is 1. The lowest BCUT2D eigenvalue weighted by Gasteiger charge is -2.16. The molecule has 0 radical (unpaired) electrons. The van der Waals surface area contributed by atoms with E-state index in [0.29, 0.717) is 13.1 Å². The molecule has 0 fully saturated rings. The van der Waals surface area contributed by atoms with Crippen molar-refractivity contribution in [3.05, 3.63) is 20.9 Å². The molecule has 0 aromatic carbocycles. The molecule has 0 aliphatic rings. The zero-order valence-corrected chi connectivity index (χ0v) is 14.1. The van der Waals surface area contributed by atoms with Crippen molar-refractivity contribution in [1.82, 2.24) is 24.3 Å². The summed E-state index contributed by atoms with van der Waals surface area (Å²) in [4.78, 5) is 27.5. The first kappa shape index (κ1) is 17.5. The molecule has 12 heteroatoms. The molecule has 11 nitrogen and oxygen atoms in total. The largest absolute Gasteiger partial charge is 0.493 e. The summed E-state index contributed by atoms with van der Waals surface area (Å²) in [5.74, 6) is -1.12. The number of rotatable bonds is 6. The van der Waals surface area contributed by atoms with Gasteiger partial charge in [-0.2, -0.15) is 4.98 Å². The second-order valence-corrected chi connectivity index (χ2v) is 4.89. The first-order chi connectivity index (χ1) is 11.4. The molecule has 130 valence electrons. The van der Waals surface area contributed by atoms with Crippen LogP contribution in [0.15, 0.2) is 4.79 Å². The van der Waals surface area contributed by atoms with Crippen LogP contribution in [0.1, 0.15) is 24.5 Å². The van der Waals surface area contributed by atoms with Crippen molar-refractivity contribution < 1.29 is 14.6 Å². The Morgan fingerprint density at radius 2 is 2.00 bits per heavy atom. The van der Waals surface area contributed by atoms with Crippen LogP contribution in [0.5, 0.6) is 5.88 Å². The van der Waals surface area contributed by atoms with Gasteiger partial charge in [0.1, 0.15) is 0 Å². The van der Waals surface area contributed by atoms with Gasteiger partial charge in [0.15, 0.2) is 10.5 Å². The maximum Gasteiger partial charge on any atom is 0.375 e. The average Bonchev–Trinajstić information content (AvgIpc) is 3.03. The van der Waals surface area contributed by atoms with Crippen LogP contribution in [0.25, 0.3) is 0 Å². The van der Waals surface area contributed by atoms with Crippen LogP contribution in [0.4, 0.5) is 11.6 Å². The van der Waals surface area contributed by atoms with Gasteiger partial charge < -0.3 is 9.84 Å². The third-order valence-electron chi connectivity index (χ3n) is 3.20. The van der Waals surface area contributed by atoms with E-state index >= 15 is 0 Å². The van der Waals surface area contributed by atoms with Crippen molar-refractivity contribution in [2.45, 2.75) is 26.9 Å². The highest BCUT2D eigenvalue weighted by atomic mass is 32.1. The van der Waals surface area contributed by atoms with Gasteiger partial charge in [0.25, 0.3) is 11.5 Å². The number of hydrogen-bond acceptors (Lipinski definition) is 9. The van der Waals surface area contributed by atoms with Crippen LogP contribution in [0.2, 0.25) is 0 Å². The third-order valence-corrected chi connectivity index (χ3v) is 3.64. The quantitative estimate of drug-likeness (QED) is 0.331. The number of nitrogens with one attached hydrogen (secondary N) is 3. The summed E-state index contributed by atoms with van der Waals surface area (Å²) >= 11 is 5.18. The number of carbonyl (C=O) groups excluding carboxylic acids is 1. The van der Waals surface area contributed by atoms with E-state index in [9.17, 15) is 14.7 Å². The standard InChI is InChI=1S/C12H17N7O4S/c1-4-18-8(20)6(9(21)19(5-2)12(18)24)14-16-11-13-7(15-17-11)10(22)23-3/h14,20H,4-5H2,1-3H3,(H2,13,15,16,17). The number of anilines is 2. The van der Waals surface area contributed by atoms with Crippen molar-refractivity contribution in [3.63, 3.8) is 0 Å². The van der Waals surface area contributed by atoms with E-state index in [0.717, 1.165) is 0 Å². The summed E-state index contributed by atoms with van der Waals surface area (Å²) in [5, 5.41) is 16.3. The van der Waals surface area contributed by atoms with Gasteiger partial charge in [-0.1, -0.05) is 0 Å². The Hall–Kier alpha value is -2.89. The molecule has 0 aliphatic carbocycles. The van der Waals surface area contributed by atoms with Gasteiger partial charge >= 0.3 is 5.97 Å². The summed E-state index contributed by atoms with van der Waals surface area (Å²) in [6.07, 6.45) is 0. The molecule has 2 aromatic rings. The molecule has 0 atom stereocenters. The minimum atomic E-state index is -0.689. The Bertz CT molecular complexity index is 869. The number of nitrogens with zero attached hydrogens (tertiary/aromatic N) is 4. The van der Waals surface area contributed by atoms with Gasteiger partial charge in [-0.3, -0.25) is 29.9 Å². The molecule has 0 spiro atoms. The lowest BCUT2D eigenvalue weighted by molar-refractivity contribution is 0.0587. The minimum absolute atomic E-state index is 0.0113. The maximum atomic E-state index is 12.4.